The highest BCUT2D eigenvalue weighted by Gasteiger charge is 2.14. The van der Waals surface area contributed by atoms with Crippen LogP contribution in [0.5, 0.6) is 5.75 Å². The van der Waals surface area contributed by atoms with Crippen molar-refractivity contribution in [1.29, 1.82) is 0 Å². The Kier molecular flexibility index (Phi) is 6.44. The lowest BCUT2D eigenvalue weighted by Crippen LogP contribution is -2.36. The van der Waals surface area contributed by atoms with Gasteiger partial charge in [0.25, 0.3) is 0 Å². The van der Waals surface area contributed by atoms with Gasteiger partial charge in [0.2, 0.25) is 5.91 Å². The van der Waals surface area contributed by atoms with E-state index in [1.54, 1.807) is 12.1 Å². The van der Waals surface area contributed by atoms with Gasteiger partial charge in [0, 0.05) is 25.2 Å². The number of ether oxygens (including phenoxy) is 2. The fourth-order valence-corrected chi connectivity index (χ4v) is 2.78. The van der Waals surface area contributed by atoms with Crippen molar-refractivity contribution in [3.05, 3.63) is 54.3 Å². The number of carbonyl (C=O) groups is 1. The minimum atomic E-state index is -0.434. The van der Waals surface area contributed by atoms with E-state index in [1.165, 1.54) is 6.07 Å². The van der Waals surface area contributed by atoms with Gasteiger partial charge in [0.1, 0.15) is 11.6 Å². The Morgan fingerprint density at radius 1 is 1.15 bits per heavy atom. The molecule has 2 aromatic rings. The molecule has 0 aromatic heterocycles. The second kappa shape index (κ2) is 9.20. The van der Waals surface area contributed by atoms with E-state index in [0.717, 1.165) is 24.5 Å². The Labute approximate surface area is 152 Å². The predicted octanol–water partition coefficient (Wildman–Crippen LogP) is 3.46. The fourth-order valence-electron chi connectivity index (χ4n) is 2.78. The summed E-state index contributed by atoms with van der Waals surface area (Å²) < 4.78 is 24.9. The molecule has 3 rings (SSSR count). The molecule has 1 fully saturated rings. The number of anilines is 2. The lowest BCUT2D eigenvalue weighted by Gasteiger charge is -2.29. The maximum atomic E-state index is 14.0. The zero-order chi connectivity index (χ0) is 18.2. The number of carbonyl (C=O) groups excluding carboxylic acids is 1. The molecule has 0 bridgehead atoms. The van der Waals surface area contributed by atoms with Crippen molar-refractivity contribution in [2.75, 3.05) is 43.1 Å². The topological polar surface area (TPSA) is 50.8 Å². The highest BCUT2D eigenvalue weighted by molar-refractivity contribution is 5.91. The summed E-state index contributed by atoms with van der Waals surface area (Å²) in [4.78, 5) is 14.2. The van der Waals surface area contributed by atoms with E-state index in [9.17, 15) is 9.18 Å². The second-order valence-electron chi connectivity index (χ2n) is 6.08. The first-order valence-corrected chi connectivity index (χ1v) is 8.82. The third-order valence-electron chi connectivity index (χ3n) is 4.16. The zero-order valence-electron chi connectivity index (χ0n) is 14.6. The molecule has 0 aliphatic carbocycles. The number of rotatable bonds is 7. The number of benzene rings is 2. The molecule has 0 radical (unpaired) electrons. The van der Waals surface area contributed by atoms with Crippen molar-refractivity contribution < 1.29 is 18.7 Å². The van der Waals surface area contributed by atoms with Crippen molar-refractivity contribution in [3.8, 4) is 5.75 Å². The summed E-state index contributed by atoms with van der Waals surface area (Å²) in [5.74, 6) is 0.118. The van der Waals surface area contributed by atoms with Crippen LogP contribution in [0.25, 0.3) is 0 Å². The number of para-hydroxylation sites is 1. The number of nitrogens with zero attached hydrogens (tertiary/aromatic N) is 1. The average molecular weight is 358 g/mol. The molecular weight excluding hydrogens is 335 g/mol. The third-order valence-corrected chi connectivity index (χ3v) is 4.16. The van der Waals surface area contributed by atoms with Gasteiger partial charge >= 0.3 is 0 Å². The molecule has 1 saturated heterocycles. The number of halogens is 1. The summed E-state index contributed by atoms with van der Waals surface area (Å²) in [6, 6.07) is 14.2. The Balaban J connectivity index is 1.48. The van der Waals surface area contributed by atoms with E-state index in [0.29, 0.717) is 26.2 Å². The van der Waals surface area contributed by atoms with Gasteiger partial charge in [0.05, 0.1) is 25.5 Å². The highest BCUT2D eigenvalue weighted by Crippen LogP contribution is 2.24. The van der Waals surface area contributed by atoms with Gasteiger partial charge in [-0.25, -0.2) is 4.39 Å². The molecule has 0 unspecified atom stereocenters. The second-order valence-corrected chi connectivity index (χ2v) is 6.08. The van der Waals surface area contributed by atoms with Crippen LogP contribution in [0.1, 0.15) is 12.8 Å². The van der Waals surface area contributed by atoms with Crippen LogP contribution in [-0.4, -0.2) is 38.8 Å². The molecule has 1 heterocycles. The molecule has 6 heteroatoms. The van der Waals surface area contributed by atoms with E-state index in [4.69, 9.17) is 9.47 Å². The number of morpholine rings is 1. The van der Waals surface area contributed by atoms with Crippen LogP contribution in [-0.2, 0) is 9.53 Å². The van der Waals surface area contributed by atoms with Crippen molar-refractivity contribution in [1.82, 2.24) is 0 Å². The molecule has 2 aromatic carbocycles. The van der Waals surface area contributed by atoms with Gasteiger partial charge in [-0.3, -0.25) is 4.79 Å². The Morgan fingerprint density at radius 2 is 1.92 bits per heavy atom. The van der Waals surface area contributed by atoms with E-state index in [1.807, 2.05) is 30.3 Å². The summed E-state index contributed by atoms with van der Waals surface area (Å²) >= 11 is 0. The monoisotopic (exact) mass is 358 g/mol. The SMILES string of the molecule is O=C(CCCOc1ccccc1)Nc1cc(N2CCOCC2)ccc1F. The van der Waals surface area contributed by atoms with Crippen LogP contribution in [0.4, 0.5) is 15.8 Å². The lowest BCUT2D eigenvalue weighted by molar-refractivity contribution is -0.116. The standard InChI is InChI=1S/C20H23FN2O3/c21-18-9-8-16(23-10-13-25-14-11-23)15-19(18)22-20(24)7-4-12-26-17-5-2-1-3-6-17/h1-3,5-6,8-9,15H,4,7,10-14H2,(H,22,24). The minimum absolute atomic E-state index is 0.211. The summed E-state index contributed by atoms with van der Waals surface area (Å²) in [7, 11) is 0. The first-order chi connectivity index (χ1) is 12.7. The Morgan fingerprint density at radius 3 is 2.69 bits per heavy atom. The first-order valence-electron chi connectivity index (χ1n) is 8.82. The summed E-state index contributed by atoms with van der Waals surface area (Å²) in [6.07, 6.45) is 0.833. The molecular formula is C20H23FN2O3. The summed E-state index contributed by atoms with van der Waals surface area (Å²) in [6.45, 7) is 3.26. The van der Waals surface area contributed by atoms with Crippen LogP contribution in [0, 0.1) is 5.82 Å². The molecule has 26 heavy (non-hydrogen) atoms. The number of hydrogen-bond donors (Lipinski definition) is 1. The van der Waals surface area contributed by atoms with Crippen LogP contribution >= 0.6 is 0 Å². The molecule has 1 aliphatic heterocycles. The lowest BCUT2D eigenvalue weighted by atomic mass is 10.2. The van der Waals surface area contributed by atoms with Crippen LogP contribution in [0.2, 0.25) is 0 Å². The van der Waals surface area contributed by atoms with Crippen molar-refractivity contribution in [2.24, 2.45) is 0 Å². The molecule has 0 saturated carbocycles. The first kappa shape index (κ1) is 18.2. The molecule has 1 N–H and O–H groups in total. The van der Waals surface area contributed by atoms with Crippen molar-refractivity contribution in [2.45, 2.75) is 12.8 Å². The average Bonchev–Trinajstić information content (AvgIpc) is 2.68. The van der Waals surface area contributed by atoms with Gasteiger partial charge in [-0.15, -0.1) is 0 Å². The van der Waals surface area contributed by atoms with E-state index < -0.39 is 5.82 Å². The quantitative estimate of drug-likeness (QED) is 0.770. The van der Waals surface area contributed by atoms with E-state index >= 15 is 0 Å². The van der Waals surface area contributed by atoms with Crippen LogP contribution in [0.3, 0.4) is 0 Å². The smallest absolute Gasteiger partial charge is 0.224 e. The Hall–Kier alpha value is -2.60. The summed E-state index contributed by atoms with van der Waals surface area (Å²) in [5, 5.41) is 2.66. The van der Waals surface area contributed by atoms with Crippen LogP contribution < -0.4 is 15.0 Å². The maximum absolute atomic E-state index is 14.0. The van der Waals surface area contributed by atoms with Gasteiger partial charge in [-0.2, -0.15) is 0 Å². The molecule has 1 aliphatic rings. The molecule has 1 amide bonds. The molecule has 5 nitrogen and oxygen atoms in total. The van der Waals surface area contributed by atoms with Gasteiger partial charge in [-0.1, -0.05) is 18.2 Å². The zero-order valence-corrected chi connectivity index (χ0v) is 14.6. The van der Waals surface area contributed by atoms with Crippen molar-refractivity contribution in [3.63, 3.8) is 0 Å². The third kappa shape index (κ3) is 5.20. The van der Waals surface area contributed by atoms with Crippen molar-refractivity contribution >= 4 is 17.3 Å². The summed E-state index contributed by atoms with van der Waals surface area (Å²) in [5.41, 5.74) is 1.10. The predicted molar refractivity (Wildman–Crippen MR) is 99.2 cm³/mol. The van der Waals surface area contributed by atoms with E-state index in [-0.39, 0.29) is 18.0 Å². The number of hydrogen-bond acceptors (Lipinski definition) is 4. The number of nitrogens with one attached hydrogen (secondary N) is 1. The minimum Gasteiger partial charge on any atom is -0.494 e. The van der Waals surface area contributed by atoms with Gasteiger partial charge in [0.15, 0.2) is 0 Å². The molecule has 138 valence electrons. The number of amides is 1. The molecule has 0 atom stereocenters. The highest BCUT2D eigenvalue weighted by atomic mass is 19.1. The normalized spacial score (nSPS) is 14.1. The van der Waals surface area contributed by atoms with Gasteiger partial charge in [-0.05, 0) is 36.8 Å². The maximum Gasteiger partial charge on any atom is 0.224 e. The van der Waals surface area contributed by atoms with E-state index in [2.05, 4.69) is 10.2 Å². The Bertz CT molecular complexity index is 718. The fraction of sp³-hybridized carbons (Fsp3) is 0.350. The largest absolute Gasteiger partial charge is 0.494 e. The van der Waals surface area contributed by atoms with Crippen LogP contribution in [0.15, 0.2) is 48.5 Å². The van der Waals surface area contributed by atoms with Gasteiger partial charge < -0.3 is 19.7 Å². The molecule has 0 spiro atoms.